The van der Waals surface area contributed by atoms with Crippen LogP contribution in [-0.2, 0) is 16.6 Å². The van der Waals surface area contributed by atoms with Crippen molar-refractivity contribution in [1.82, 2.24) is 0 Å². The highest BCUT2D eigenvalue weighted by Gasteiger charge is 2.40. The molecule has 0 unspecified atom stereocenters. The van der Waals surface area contributed by atoms with Gasteiger partial charge in [0.2, 0.25) is 0 Å². The summed E-state index contributed by atoms with van der Waals surface area (Å²) in [7, 11) is 1.70. The highest BCUT2D eigenvalue weighted by molar-refractivity contribution is 5.85. The lowest BCUT2D eigenvalue weighted by molar-refractivity contribution is 0.0505. The second-order valence-corrected chi connectivity index (χ2v) is 5.07. The first-order chi connectivity index (χ1) is 7.46. The number of fused-ring (bicyclic) bond motifs is 1. The fourth-order valence-electron chi connectivity index (χ4n) is 2.56. The molecule has 0 radical (unpaired) electrons. The average molecular weight is 258 g/mol. The van der Waals surface area contributed by atoms with E-state index in [2.05, 4.69) is 13.8 Å². The predicted octanol–water partition coefficient (Wildman–Crippen LogP) is 1.99. The van der Waals surface area contributed by atoms with Gasteiger partial charge in [0.1, 0.15) is 5.75 Å². The molecule has 1 aromatic rings. The zero-order valence-electron chi connectivity index (χ0n) is 10.4. The molecule has 1 aromatic carbocycles. The number of hydrogen-bond donors (Lipinski definition) is 2. The molecule has 0 spiro atoms. The predicted molar refractivity (Wildman–Crippen MR) is 70.9 cm³/mol. The van der Waals surface area contributed by atoms with Gasteiger partial charge in [-0.3, -0.25) is 0 Å². The first-order valence-corrected chi connectivity index (χ1v) is 5.57. The highest BCUT2D eigenvalue weighted by Crippen LogP contribution is 2.38. The summed E-state index contributed by atoms with van der Waals surface area (Å²) in [6, 6.07) is 5.45. The van der Waals surface area contributed by atoms with Crippen LogP contribution in [0.25, 0.3) is 0 Å². The lowest BCUT2D eigenvalue weighted by Crippen LogP contribution is -2.54. The van der Waals surface area contributed by atoms with Gasteiger partial charge in [0.05, 0.1) is 6.10 Å². The van der Waals surface area contributed by atoms with Crippen LogP contribution in [-0.4, -0.2) is 24.4 Å². The normalized spacial score (nSPS) is 25.9. The zero-order chi connectivity index (χ0) is 11.9. The average Bonchev–Trinajstić information content (AvgIpc) is 2.25. The van der Waals surface area contributed by atoms with Crippen molar-refractivity contribution in [3.8, 4) is 5.75 Å². The van der Waals surface area contributed by atoms with Crippen molar-refractivity contribution < 1.29 is 9.84 Å². The molecule has 0 saturated heterocycles. The minimum absolute atomic E-state index is 0. The first-order valence-electron chi connectivity index (χ1n) is 5.57. The van der Waals surface area contributed by atoms with Gasteiger partial charge in [0.15, 0.2) is 0 Å². The fraction of sp³-hybridized carbons (Fsp3) is 0.538. The molecule has 0 amide bonds. The topological polar surface area (TPSA) is 55.5 Å². The lowest BCUT2D eigenvalue weighted by atomic mass is 9.68. The third-order valence-corrected chi connectivity index (χ3v) is 3.75. The van der Waals surface area contributed by atoms with Gasteiger partial charge in [-0.2, -0.15) is 0 Å². The maximum atomic E-state index is 9.56. The molecule has 0 fully saturated rings. The van der Waals surface area contributed by atoms with E-state index in [0.29, 0.717) is 5.75 Å². The Bertz CT molecular complexity index is 406. The molecule has 2 rings (SSSR count). The number of phenols is 1. The highest BCUT2D eigenvalue weighted by atomic mass is 35.5. The summed E-state index contributed by atoms with van der Waals surface area (Å²) >= 11 is 0. The summed E-state index contributed by atoms with van der Waals surface area (Å²) in [4.78, 5) is 0. The number of halogens is 1. The Labute approximate surface area is 108 Å². The van der Waals surface area contributed by atoms with Crippen molar-refractivity contribution >= 4 is 12.4 Å². The molecule has 17 heavy (non-hydrogen) atoms. The summed E-state index contributed by atoms with van der Waals surface area (Å²) in [5.41, 5.74) is 8.40. The molecule has 2 atom stereocenters. The Hall–Kier alpha value is -0.770. The van der Waals surface area contributed by atoms with E-state index in [1.807, 2.05) is 12.1 Å². The van der Waals surface area contributed by atoms with E-state index in [4.69, 9.17) is 10.5 Å². The Kier molecular flexibility index (Phi) is 4.07. The van der Waals surface area contributed by atoms with Gasteiger partial charge in [0, 0.05) is 25.0 Å². The third kappa shape index (κ3) is 2.28. The number of benzene rings is 1. The van der Waals surface area contributed by atoms with Crippen LogP contribution in [0.15, 0.2) is 18.2 Å². The summed E-state index contributed by atoms with van der Waals surface area (Å²) in [5.74, 6) is 0.301. The minimum Gasteiger partial charge on any atom is -0.508 e. The maximum Gasteiger partial charge on any atom is 0.115 e. The number of nitrogens with two attached hydrogens (primary N) is 1. The number of hydrogen-bond acceptors (Lipinski definition) is 3. The van der Waals surface area contributed by atoms with Crippen LogP contribution in [0.3, 0.4) is 0 Å². The van der Waals surface area contributed by atoms with E-state index in [1.165, 1.54) is 5.56 Å². The van der Waals surface area contributed by atoms with Gasteiger partial charge >= 0.3 is 0 Å². The van der Waals surface area contributed by atoms with Crippen molar-refractivity contribution in [1.29, 1.82) is 0 Å². The Morgan fingerprint density at radius 1 is 1.41 bits per heavy atom. The van der Waals surface area contributed by atoms with Crippen molar-refractivity contribution in [2.75, 3.05) is 7.11 Å². The van der Waals surface area contributed by atoms with E-state index in [0.717, 1.165) is 12.0 Å². The molecular weight excluding hydrogens is 238 g/mol. The second-order valence-electron chi connectivity index (χ2n) is 5.07. The zero-order valence-corrected chi connectivity index (χ0v) is 11.3. The van der Waals surface area contributed by atoms with Gasteiger partial charge in [-0.1, -0.05) is 19.9 Å². The van der Waals surface area contributed by atoms with Crippen molar-refractivity contribution in [2.45, 2.75) is 37.8 Å². The second kappa shape index (κ2) is 4.84. The van der Waals surface area contributed by atoms with Crippen LogP contribution in [0.5, 0.6) is 5.75 Å². The van der Waals surface area contributed by atoms with Gasteiger partial charge in [-0.15, -0.1) is 12.4 Å². The molecule has 1 aliphatic carbocycles. The number of methoxy groups -OCH3 is 1. The molecule has 1 aliphatic rings. The van der Waals surface area contributed by atoms with Crippen LogP contribution in [0.1, 0.15) is 25.0 Å². The minimum atomic E-state index is -0.174. The molecule has 0 saturated carbocycles. The van der Waals surface area contributed by atoms with Crippen molar-refractivity contribution in [2.24, 2.45) is 5.73 Å². The molecule has 3 N–H and O–H groups in total. The Balaban J connectivity index is 0.00000144. The van der Waals surface area contributed by atoms with Crippen LogP contribution in [0.2, 0.25) is 0 Å². The Morgan fingerprint density at radius 2 is 2.06 bits per heavy atom. The van der Waals surface area contributed by atoms with Gasteiger partial charge in [0.25, 0.3) is 0 Å². The fourth-order valence-corrected chi connectivity index (χ4v) is 2.56. The van der Waals surface area contributed by atoms with Crippen LogP contribution >= 0.6 is 12.4 Å². The van der Waals surface area contributed by atoms with Crippen LogP contribution in [0.4, 0.5) is 0 Å². The standard InChI is InChI=1S/C13H19NO2.ClH/c1-13(2)10-7-9(15)5-4-8(10)6-11(16-3)12(13)14;/h4-5,7,11-12,15H,6,14H2,1-3H3;1H/t11-,12+;/m1./s1. The quantitative estimate of drug-likeness (QED) is 0.809. The monoisotopic (exact) mass is 257 g/mol. The summed E-state index contributed by atoms with van der Waals surface area (Å²) in [6.45, 7) is 4.20. The Morgan fingerprint density at radius 3 is 2.65 bits per heavy atom. The summed E-state index contributed by atoms with van der Waals surface area (Å²) in [6.07, 6.45) is 0.864. The van der Waals surface area contributed by atoms with Crippen LogP contribution in [0, 0.1) is 0 Å². The smallest absolute Gasteiger partial charge is 0.115 e. The number of phenolic OH excluding ortho intramolecular Hbond substituents is 1. The molecule has 0 aliphatic heterocycles. The largest absolute Gasteiger partial charge is 0.508 e. The van der Waals surface area contributed by atoms with E-state index < -0.39 is 0 Å². The molecule has 0 heterocycles. The number of ether oxygens (including phenoxy) is 1. The third-order valence-electron chi connectivity index (χ3n) is 3.75. The van der Waals surface area contributed by atoms with Gasteiger partial charge < -0.3 is 15.6 Å². The summed E-state index contributed by atoms with van der Waals surface area (Å²) in [5, 5.41) is 9.56. The molecule has 0 aromatic heterocycles. The van der Waals surface area contributed by atoms with Crippen molar-refractivity contribution in [3.63, 3.8) is 0 Å². The van der Waals surface area contributed by atoms with Gasteiger partial charge in [-0.25, -0.2) is 0 Å². The lowest BCUT2D eigenvalue weighted by Gasteiger charge is -2.42. The molecule has 3 nitrogen and oxygen atoms in total. The first kappa shape index (κ1) is 14.3. The van der Waals surface area contributed by atoms with Gasteiger partial charge in [-0.05, 0) is 23.3 Å². The van der Waals surface area contributed by atoms with Crippen LogP contribution < -0.4 is 5.73 Å². The number of rotatable bonds is 1. The molecule has 0 bridgehead atoms. The van der Waals surface area contributed by atoms with E-state index in [1.54, 1.807) is 13.2 Å². The molecule has 96 valence electrons. The maximum absolute atomic E-state index is 9.56. The van der Waals surface area contributed by atoms with E-state index in [9.17, 15) is 5.11 Å². The molecular formula is C13H20ClNO2. The van der Waals surface area contributed by atoms with E-state index in [-0.39, 0.29) is 30.0 Å². The molecule has 4 heteroatoms. The SMILES string of the molecule is CO[C@@H]1Cc2ccc(O)cc2C(C)(C)[C@H]1N.Cl. The van der Waals surface area contributed by atoms with Crippen molar-refractivity contribution in [3.05, 3.63) is 29.3 Å². The summed E-state index contributed by atoms with van der Waals surface area (Å²) < 4.78 is 5.44. The van der Waals surface area contributed by atoms with E-state index >= 15 is 0 Å². The number of aromatic hydroxyl groups is 1.